The van der Waals surface area contributed by atoms with E-state index in [2.05, 4.69) is 19.9 Å². The zero-order valence-corrected chi connectivity index (χ0v) is 20.6. The van der Waals surface area contributed by atoms with E-state index >= 15 is 0 Å². The van der Waals surface area contributed by atoms with Gasteiger partial charge in [-0.3, -0.25) is 9.59 Å². The molecule has 0 amide bonds. The van der Waals surface area contributed by atoms with Crippen molar-refractivity contribution in [2.45, 2.75) is 116 Å². The molecule has 4 fully saturated rings. The van der Waals surface area contributed by atoms with Gasteiger partial charge < -0.3 is 9.47 Å². The maximum absolute atomic E-state index is 12.9. The number of carbonyl (C=O) groups excluding carboxylic acids is 2. The Morgan fingerprint density at radius 3 is 2.31 bits per heavy atom. The van der Waals surface area contributed by atoms with Crippen LogP contribution in [0.4, 0.5) is 0 Å². The van der Waals surface area contributed by atoms with Gasteiger partial charge in [-0.1, -0.05) is 13.8 Å². The summed E-state index contributed by atoms with van der Waals surface area (Å²) in [6.45, 7) is 7.89. The van der Waals surface area contributed by atoms with E-state index in [1.165, 1.54) is 57.6 Å². The van der Waals surface area contributed by atoms with Gasteiger partial charge >= 0.3 is 5.97 Å². The molecule has 0 spiro atoms. The van der Waals surface area contributed by atoms with Crippen LogP contribution in [0.15, 0.2) is 11.8 Å². The minimum Gasteiger partial charge on any atom is -0.495 e. The Morgan fingerprint density at radius 2 is 1.62 bits per heavy atom. The lowest BCUT2D eigenvalue weighted by Crippen LogP contribution is -2.59. The summed E-state index contributed by atoms with van der Waals surface area (Å²) in [4.78, 5) is 24.9. The lowest BCUT2D eigenvalue weighted by Gasteiger charge is -2.60. The number of esters is 1. The Bertz CT molecular complexity index is 810. The highest BCUT2D eigenvalue weighted by Gasteiger charge is 2.68. The fourth-order valence-corrected chi connectivity index (χ4v) is 9.21. The molecule has 4 heteroatoms. The predicted octanol–water partition coefficient (Wildman–Crippen LogP) is 6.37. The molecule has 0 N–H and O–H groups in total. The van der Waals surface area contributed by atoms with Crippen molar-refractivity contribution >= 4 is 11.8 Å². The number of allylic oxidation sites excluding steroid dienone is 2. The molecule has 0 saturated heterocycles. The molecule has 0 aliphatic heterocycles. The molecule has 5 aliphatic carbocycles. The second kappa shape index (κ2) is 7.87. The van der Waals surface area contributed by atoms with Gasteiger partial charge in [0.1, 0.15) is 0 Å². The maximum atomic E-state index is 12.9. The van der Waals surface area contributed by atoms with Gasteiger partial charge in [0.05, 0.1) is 11.9 Å². The van der Waals surface area contributed by atoms with Crippen molar-refractivity contribution in [3.05, 3.63) is 11.8 Å². The van der Waals surface area contributed by atoms with Gasteiger partial charge in [0.25, 0.3) is 0 Å². The SMILES string of the molecule is CC(=O)O[C@]1(C(C)=O)CC[C@H]2[C@@H]3CCC4C=C(OC5CCCC5)CC[C@]4(C)[C@H]3CC[C@@]21C. The fourth-order valence-electron chi connectivity index (χ4n) is 9.21. The van der Waals surface area contributed by atoms with Crippen LogP contribution < -0.4 is 0 Å². The Balaban J connectivity index is 1.38. The number of ether oxygens (including phenoxy) is 2. The van der Waals surface area contributed by atoms with E-state index in [9.17, 15) is 9.59 Å². The highest BCUT2D eigenvalue weighted by molar-refractivity contribution is 5.89. The summed E-state index contributed by atoms with van der Waals surface area (Å²) >= 11 is 0. The average Bonchev–Trinajstić information content (AvgIpc) is 3.34. The number of carbonyl (C=O) groups is 2. The summed E-state index contributed by atoms with van der Waals surface area (Å²) in [6, 6.07) is 0. The summed E-state index contributed by atoms with van der Waals surface area (Å²) < 4.78 is 12.3. The van der Waals surface area contributed by atoms with Crippen LogP contribution in [0.1, 0.15) is 105 Å². The van der Waals surface area contributed by atoms with Crippen LogP contribution in [-0.4, -0.2) is 23.5 Å². The van der Waals surface area contributed by atoms with E-state index < -0.39 is 5.60 Å². The fraction of sp³-hybridized carbons (Fsp3) is 0.857. The van der Waals surface area contributed by atoms with E-state index in [-0.39, 0.29) is 17.2 Å². The van der Waals surface area contributed by atoms with Crippen LogP contribution >= 0.6 is 0 Å². The van der Waals surface area contributed by atoms with Gasteiger partial charge in [-0.15, -0.1) is 0 Å². The van der Waals surface area contributed by atoms with Gasteiger partial charge in [-0.2, -0.15) is 0 Å². The molecule has 0 aromatic rings. The van der Waals surface area contributed by atoms with Crippen molar-refractivity contribution < 1.29 is 19.1 Å². The van der Waals surface area contributed by atoms with Gasteiger partial charge in [-0.05, 0) is 113 Å². The van der Waals surface area contributed by atoms with Gasteiger partial charge in [-0.25, -0.2) is 0 Å². The molecule has 7 atom stereocenters. The highest BCUT2D eigenvalue weighted by atomic mass is 16.6. The molecule has 0 bridgehead atoms. The molecule has 32 heavy (non-hydrogen) atoms. The van der Waals surface area contributed by atoms with Crippen LogP contribution in [0.3, 0.4) is 0 Å². The standard InChI is InChI=1S/C28H42O4/c1-18(29)28(32-19(2)30)16-13-25-23-10-9-20-17-22(31-21-7-5-6-8-21)11-14-26(20,3)24(23)12-15-27(25,28)4/h17,20-21,23-25H,5-16H2,1-4H3/t20?,23-,24+,25+,26+,27+,28+/m1/s1. The van der Waals surface area contributed by atoms with Crippen molar-refractivity contribution in [3.63, 3.8) is 0 Å². The lowest BCUT2D eigenvalue weighted by molar-refractivity contribution is -0.189. The summed E-state index contributed by atoms with van der Waals surface area (Å²) in [7, 11) is 0. The topological polar surface area (TPSA) is 52.6 Å². The van der Waals surface area contributed by atoms with Crippen molar-refractivity contribution in [3.8, 4) is 0 Å². The second-order valence-electron chi connectivity index (χ2n) is 12.2. The third-order valence-corrected chi connectivity index (χ3v) is 10.9. The summed E-state index contributed by atoms with van der Waals surface area (Å²) in [5.74, 6) is 3.43. The van der Waals surface area contributed by atoms with Crippen LogP contribution in [0.2, 0.25) is 0 Å². The van der Waals surface area contributed by atoms with Gasteiger partial charge in [0.2, 0.25) is 0 Å². The zero-order chi connectivity index (χ0) is 22.7. The van der Waals surface area contributed by atoms with E-state index in [1.54, 1.807) is 6.92 Å². The number of ketones is 1. The molecular formula is C28H42O4. The highest BCUT2D eigenvalue weighted by Crippen LogP contribution is 2.68. The molecular weight excluding hydrogens is 400 g/mol. The molecule has 0 radical (unpaired) electrons. The van der Waals surface area contributed by atoms with Crippen LogP contribution in [-0.2, 0) is 19.1 Å². The number of fused-ring (bicyclic) bond motifs is 5. The Labute approximate surface area is 193 Å². The van der Waals surface area contributed by atoms with Crippen molar-refractivity contribution in [1.29, 1.82) is 0 Å². The number of Topliss-reactive ketones (excluding diaryl/α,β-unsaturated/α-hetero) is 1. The van der Waals surface area contributed by atoms with Gasteiger partial charge in [0, 0.05) is 18.8 Å². The molecule has 4 saturated carbocycles. The van der Waals surface area contributed by atoms with E-state index in [1.807, 2.05) is 0 Å². The Morgan fingerprint density at radius 1 is 0.906 bits per heavy atom. The van der Waals surface area contributed by atoms with E-state index in [4.69, 9.17) is 9.47 Å². The lowest BCUT2D eigenvalue weighted by atomic mass is 9.45. The number of hydrogen-bond acceptors (Lipinski definition) is 4. The van der Waals surface area contributed by atoms with Crippen LogP contribution in [0.5, 0.6) is 0 Å². The first-order valence-electron chi connectivity index (χ1n) is 13.3. The molecule has 5 rings (SSSR count). The minimum atomic E-state index is -0.916. The maximum Gasteiger partial charge on any atom is 0.303 e. The van der Waals surface area contributed by atoms with Crippen LogP contribution in [0, 0.1) is 34.5 Å². The first-order valence-corrected chi connectivity index (χ1v) is 13.3. The third kappa shape index (κ3) is 3.21. The molecule has 4 nitrogen and oxygen atoms in total. The van der Waals surface area contributed by atoms with Crippen molar-refractivity contribution in [1.82, 2.24) is 0 Å². The van der Waals surface area contributed by atoms with E-state index in [0.717, 1.165) is 25.7 Å². The van der Waals surface area contributed by atoms with Crippen molar-refractivity contribution in [2.75, 3.05) is 0 Å². The molecule has 5 aliphatic rings. The van der Waals surface area contributed by atoms with Gasteiger partial charge in [0.15, 0.2) is 11.4 Å². The first-order chi connectivity index (χ1) is 15.2. The van der Waals surface area contributed by atoms with Crippen molar-refractivity contribution in [2.24, 2.45) is 34.5 Å². The average molecular weight is 443 g/mol. The monoisotopic (exact) mass is 442 g/mol. The molecule has 1 unspecified atom stereocenters. The Kier molecular flexibility index (Phi) is 5.53. The molecule has 0 aromatic heterocycles. The summed E-state index contributed by atoms with van der Waals surface area (Å²) in [6.07, 6.45) is 16.7. The first kappa shape index (κ1) is 22.5. The summed E-state index contributed by atoms with van der Waals surface area (Å²) in [5.41, 5.74) is -0.813. The molecule has 0 heterocycles. The van der Waals surface area contributed by atoms with Crippen LogP contribution in [0.25, 0.3) is 0 Å². The molecule has 178 valence electrons. The quantitative estimate of drug-likeness (QED) is 0.475. The smallest absolute Gasteiger partial charge is 0.303 e. The minimum absolute atomic E-state index is 0.0466. The third-order valence-electron chi connectivity index (χ3n) is 10.9. The number of rotatable bonds is 4. The Hall–Kier alpha value is -1.32. The predicted molar refractivity (Wildman–Crippen MR) is 124 cm³/mol. The number of hydrogen-bond donors (Lipinski definition) is 0. The summed E-state index contributed by atoms with van der Waals surface area (Å²) in [5, 5.41) is 0. The van der Waals surface area contributed by atoms with E-state index in [0.29, 0.717) is 41.6 Å². The second-order valence-corrected chi connectivity index (χ2v) is 12.2. The largest absolute Gasteiger partial charge is 0.495 e. The zero-order valence-electron chi connectivity index (χ0n) is 20.6. The normalized spacial score (nSPS) is 45.9. The molecule has 0 aromatic carbocycles.